The number of pyridine rings is 1. The van der Waals surface area contributed by atoms with Crippen molar-refractivity contribution in [2.75, 3.05) is 37.9 Å². The number of fused-ring (bicyclic) bond motifs is 4. The second-order valence-electron chi connectivity index (χ2n) is 9.09. The Bertz CT molecular complexity index is 1100. The highest BCUT2D eigenvalue weighted by Gasteiger charge is 2.31. The van der Waals surface area contributed by atoms with Gasteiger partial charge in [0.05, 0.1) is 12.1 Å². The van der Waals surface area contributed by atoms with E-state index in [-0.39, 0.29) is 0 Å². The van der Waals surface area contributed by atoms with Crippen LogP contribution in [0.3, 0.4) is 0 Å². The summed E-state index contributed by atoms with van der Waals surface area (Å²) in [6.45, 7) is 3.58. The minimum absolute atomic E-state index is 0.417. The van der Waals surface area contributed by atoms with Crippen LogP contribution < -0.4 is 20.7 Å². The average molecular weight is 464 g/mol. The molecule has 8 heteroatoms. The van der Waals surface area contributed by atoms with Crippen molar-refractivity contribution < 1.29 is 14.3 Å². The second-order valence-corrected chi connectivity index (χ2v) is 9.09. The zero-order valence-electron chi connectivity index (χ0n) is 19.5. The monoisotopic (exact) mass is 463 g/mol. The molecule has 0 saturated carbocycles. The lowest BCUT2D eigenvalue weighted by Gasteiger charge is -2.23. The van der Waals surface area contributed by atoms with E-state index in [4.69, 9.17) is 20.2 Å². The third-order valence-corrected chi connectivity index (χ3v) is 6.73. The Morgan fingerprint density at radius 2 is 1.97 bits per heavy atom. The quantitative estimate of drug-likeness (QED) is 0.672. The van der Waals surface area contributed by atoms with Crippen LogP contribution in [0.25, 0.3) is 10.9 Å². The van der Waals surface area contributed by atoms with E-state index in [9.17, 15) is 4.79 Å². The van der Waals surface area contributed by atoms with E-state index in [2.05, 4.69) is 22.3 Å². The zero-order valence-corrected chi connectivity index (χ0v) is 19.5. The number of nitrogens with two attached hydrogens (primary N) is 1. The minimum Gasteiger partial charge on any atom is -0.440 e. The number of carbonyl (C=O) groups is 1. The van der Waals surface area contributed by atoms with Gasteiger partial charge >= 0.3 is 0 Å². The van der Waals surface area contributed by atoms with Crippen molar-refractivity contribution in [2.45, 2.75) is 44.6 Å². The Balaban J connectivity index is 1.47. The second kappa shape index (κ2) is 10.3. The van der Waals surface area contributed by atoms with Crippen LogP contribution in [-0.4, -0.2) is 54.8 Å². The van der Waals surface area contributed by atoms with Gasteiger partial charge in [-0.15, -0.1) is 0 Å². The largest absolute Gasteiger partial charge is 0.440 e. The maximum atomic E-state index is 12.1. The lowest BCUT2D eigenvalue weighted by Crippen LogP contribution is -2.37. The summed E-state index contributed by atoms with van der Waals surface area (Å²) in [4.78, 5) is 21.3. The van der Waals surface area contributed by atoms with Gasteiger partial charge in [-0.05, 0) is 37.0 Å². The highest BCUT2D eigenvalue weighted by atomic mass is 16.5. The number of nitrogens with zero attached hydrogens (tertiary/aromatic N) is 3. The highest BCUT2D eigenvalue weighted by Crippen LogP contribution is 2.41. The molecule has 2 bridgehead atoms. The molecule has 1 aromatic carbocycles. The van der Waals surface area contributed by atoms with Crippen molar-refractivity contribution in [2.24, 2.45) is 5.73 Å². The van der Waals surface area contributed by atoms with Gasteiger partial charge in [0.2, 0.25) is 11.8 Å². The Labute approximate surface area is 200 Å². The first kappa shape index (κ1) is 22.5. The number of primary amides is 1. The first-order valence-electron chi connectivity index (χ1n) is 12.3. The Kier molecular flexibility index (Phi) is 6.85. The minimum atomic E-state index is -0.566. The third-order valence-electron chi connectivity index (χ3n) is 6.73. The smallest absolute Gasteiger partial charge is 0.244 e. The number of para-hydroxylation sites is 1. The van der Waals surface area contributed by atoms with Crippen LogP contribution in [0.1, 0.15) is 37.7 Å². The summed E-state index contributed by atoms with van der Waals surface area (Å²) in [6.07, 6.45) is 12.2. The van der Waals surface area contributed by atoms with E-state index >= 15 is 0 Å². The molecular formula is C26H33N5O3. The molecule has 180 valence electrons. The molecule has 8 nitrogen and oxygen atoms in total. The standard InChI is InChI=1S/C26H33N5O3/c27-25(32)23-16-19-17-31(23)14-11-28-18-33-15-7-3-1-2-6-12-30-13-10-21-20-8-4-5-9-22(20)29-26(34-19)24(21)30/h4-5,8-9,11,14,16,23,28H,1-3,6-7,10,12-13,15,17-18H2,(H2,27,32). The fourth-order valence-electron chi connectivity index (χ4n) is 5.03. The molecule has 0 aliphatic carbocycles. The topological polar surface area (TPSA) is 93.0 Å². The number of aromatic nitrogens is 1. The number of carbonyl (C=O) groups excluding carboxylic acids is 1. The summed E-state index contributed by atoms with van der Waals surface area (Å²) in [5, 5.41) is 4.31. The maximum absolute atomic E-state index is 12.1. The third kappa shape index (κ3) is 4.82. The summed E-state index contributed by atoms with van der Waals surface area (Å²) < 4.78 is 12.1. The number of hydrogen-bond donors (Lipinski definition) is 2. The van der Waals surface area contributed by atoms with Gasteiger partial charge in [-0.25, -0.2) is 4.98 Å². The van der Waals surface area contributed by atoms with Crippen molar-refractivity contribution in [3.63, 3.8) is 0 Å². The van der Waals surface area contributed by atoms with E-state index in [1.807, 2.05) is 23.2 Å². The highest BCUT2D eigenvalue weighted by molar-refractivity contribution is 5.90. The predicted octanol–water partition coefficient (Wildman–Crippen LogP) is 3.03. The maximum Gasteiger partial charge on any atom is 0.244 e. The van der Waals surface area contributed by atoms with Crippen LogP contribution >= 0.6 is 0 Å². The van der Waals surface area contributed by atoms with Gasteiger partial charge in [0.1, 0.15) is 24.2 Å². The van der Waals surface area contributed by atoms with Gasteiger partial charge in [-0.2, -0.15) is 0 Å². The molecule has 4 heterocycles. The molecule has 0 fully saturated rings. The van der Waals surface area contributed by atoms with Crippen LogP contribution in [0.2, 0.25) is 0 Å². The van der Waals surface area contributed by atoms with Crippen molar-refractivity contribution in [3.8, 4) is 5.88 Å². The summed E-state index contributed by atoms with van der Waals surface area (Å²) >= 11 is 0. The number of ether oxygens (including phenoxy) is 2. The molecular weight excluding hydrogens is 430 g/mol. The SMILES string of the molecule is NC(=O)C1C=C2CN1C=CNCOCCCCCCCN1CCc3c1c(nc1ccccc31)O2. The summed E-state index contributed by atoms with van der Waals surface area (Å²) in [6, 6.07) is 7.69. The summed E-state index contributed by atoms with van der Waals surface area (Å²) in [5.74, 6) is 0.885. The average Bonchev–Trinajstić information content (AvgIpc) is 3.44. The Hall–Kier alpha value is -3.26. The van der Waals surface area contributed by atoms with Crippen LogP contribution in [0.5, 0.6) is 5.88 Å². The molecule has 0 saturated heterocycles. The molecule has 34 heavy (non-hydrogen) atoms. The van der Waals surface area contributed by atoms with Gasteiger partial charge in [-0.1, -0.05) is 37.5 Å². The van der Waals surface area contributed by atoms with E-state index in [1.54, 1.807) is 12.3 Å². The van der Waals surface area contributed by atoms with Crippen molar-refractivity contribution in [3.05, 3.63) is 54.1 Å². The van der Waals surface area contributed by atoms with Crippen molar-refractivity contribution in [1.29, 1.82) is 0 Å². The van der Waals surface area contributed by atoms with E-state index in [0.29, 0.717) is 24.9 Å². The van der Waals surface area contributed by atoms with Crippen LogP contribution in [0.4, 0.5) is 5.69 Å². The molecule has 0 radical (unpaired) electrons. The van der Waals surface area contributed by atoms with Crippen LogP contribution in [0.15, 0.2) is 48.5 Å². The van der Waals surface area contributed by atoms with E-state index in [0.717, 1.165) is 50.2 Å². The number of rotatable bonds is 1. The Morgan fingerprint density at radius 3 is 2.88 bits per heavy atom. The molecule has 1 aromatic heterocycles. The first-order valence-corrected chi connectivity index (χ1v) is 12.3. The van der Waals surface area contributed by atoms with Gasteiger partial charge in [-0.3, -0.25) is 4.79 Å². The van der Waals surface area contributed by atoms with E-state index < -0.39 is 11.9 Å². The number of benzene rings is 1. The molecule has 0 spiro atoms. The number of hydrogen-bond acceptors (Lipinski definition) is 7. The molecule has 1 unspecified atom stereocenters. The zero-order chi connectivity index (χ0) is 23.3. The molecule has 3 aliphatic rings. The summed E-state index contributed by atoms with van der Waals surface area (Å²) in [5.41, 5.74) is 9.01. The number of amides is 1. The molecule has 1 amide bonds. The lowest BCUT2D eigenvalue weighted by atomic mass is 10.1. The van der Waals surface area contributed by atoms with Gasteiger partial charge < -0.3 is 30.3 Å². The number of nitrogens with one attached hydrogen (secondary N) is 1. The lowest BCUT2D eigenvalue weighted by molar-refractivity contribution is -0.120. The fraction of sp³-hybridized carbons (Fsp3) is 0.462. The number of anilines is 1. The van der Waals surface area contributed by atoms with Crippen molar-refractivity contribution in [1.82, 2.24) is 15.2 Å². The normalized spacial score (nSPS) is 21.6. The summed E-state index contributed by atoms with van der Waals surface area (Å²) in [7, 11) is 0. The molecule has 2 aromatic rings. The Morgan fingerprint density at radius 1 is 1.12 bits per heavy atom. The molecule has 5 rings (SSSR count). The molecule has 1 atom stereocenters. The van der Waals surface area contributed by atoms with Gasteiger partial charge in [0.25, 0.3) is 0 Å². The van der Waals surface area contributed by atoms with E-state index in [1.165, 1.54) is 30.2 Å². The predicted molar refractivity (Wildman–Crippen MR) is 132 cm³/mol. The van der Waals surface area contributed by atoms with Crippen LogP contribution in [-0.2, 0) is 16.0 Å². The van der Waals surface area contributed by atoms with Crippen LogP contribution in [0, 0.1) is 0 Å². The fourth-order valence-corrected chi connectivity index (χ4v) is 5.03. The molecule has 3 N–H and O–H groups in total. The molecule has 3 aliphatic heterocycles. The van der Waals surface area contributed by atoms with Gasteiger partial charge in [0.15, 0.2) is 0 Å². The van der Waals surface area contributed by atoms with Crippen molar-refractivity contribution >= 4 is 22.5 Å². The first-order chi connectivity index (χ1) is 16.7. The van der Waals surface area contributed by atoms with Gasteiger partial charge in [0, 0.05) is 37.5 Å².